The molecule has 1 aromatic rings. The molecule has 1 aromatic heterocycles. The maximum Gasteiger partial charge on any atom is 0.219 e. The van der Waals surface area contributed by atoms with E-state index in [4.69, 9.17) is 4.74 Å². The summed E-state index contributed by atoms with van der Waals surface area (Å²) in [5.74, 6) is 2.26. The summed E-state index contributed by atoms with van der Waals surface area (Å²) < 4.78 is 5.98. The number of nitrogens with zero attached hydrogens (tertiary/aromatic N) is 2. The number of hydrogen-bond acceptors (Lipinski definition) is 4. The van der Waals surface area contributed by atoms with E-state index in [1.54, 1.807) is 0 Å². The van der Waals surface area contributed by atoms with Crippen molar-refractivity contribution in [3.8, 4) is 5.88 Å². The number of hydrogen-bond donors (Lipinski definition) is 1. The molecule has 0 aliphatic carbocycles. The molecule has 0 aliphatic heterocycles. The molecule has 0 bridgehead atoms. The number of aromatic nitrogens is 2. The van der Waals surface area contributed by atoms with E-state index in [0.29, 0.717) is 5.88 Å². The van der Waals surface area contributed by atoms with E-state index in [1.807, 2.05) is 6.07 Å². The molecule has 0 spiro atoms. The van der Waals surface area contributed by atoms with Crippen molar-refractivity contribution >= 4 is 5.82 Å². The number of rotatable bonds is 5. The van der Waals surface area contributed by atoms with Gasteiger partial charge in [-0.3, -0.25) is 0 Å². The lowest BCUT2D eigenvalue weighted by Crippen LogP contribution is -2.28. The Morgan fingerprint density at radius 3 is 2.21 bits per heavy atom. The quantitative estimate of drug-likeness (QED) is 0.880. The van der Waals surface area contributed by atoms with Crippen LogP contribution in [0.5, 0.6) is 5.88 Å². The van der Waals surface area contributed by atoms with Gasteiger partial charge in [-0.2, -0.15) is 4.98 Å². The van der Waals surface area contributed by atoms with Gasteiger partial charge in [0.05, 0.1) is 0 Å². The van der Waals surface area contributed by atoms with Gasteiger partial charge in [0.1, 0.15) is 17.2 Å². The minimum absolute atomic E-state index is 0.0973. The first-order chi connectivity index (χ1) is 8.68. The Balaban J connectivity index is 3.13. The van der Waals surface area contributed by atoms with Crippen LogP contribution in [-0.2, 0) is 5.41 Å². The van der Waals surface area contributed by atoms with Crippen molar-refractivity contribution in [2.24, 2.45) is 0 Å². The third kappa shape index (κ3) is 4.69. The monoisotopic (exact) mass is 265 g/mol. The standard InChI is InChI=1S/C15H27N3O/c1-8-15(6,7)19-12-10-11(16-9-2)17-13(18-12)14(3,4)5/h10H,8-9H2,1-7H3,(H,16,17,18). The van der Waals surface area contributed by atoms with E-state index in [9.17, 15) is 0 Å². The molecule has 1 heterocycles. The van der Waals surface area contributed by atoms with Gasteiger partial charge in [0.25, 0.3) is 0 Å². The van der Waals surface area contributed by atoms with Crippen LogP contribution in [0.3, 0.4) is 0 Å². The molecule has 0 saturated heterocycles. The second-order valence-corrected chi connectivity index (χ2v) is 6.41. The third-order valence-corrected chi connectivity index (χ3v) is 2.96. The van der Waals surface area contributed by atoms with Crippen molar-refractivity contribution in [2.75, 3.05) is 11.9 Å². The second-order valence-electron chi connectivity index (χ2n) is 6.41. The van der Waals surface area contributed by atoms with Gasteiger partial charge >= 0.3 is 0 Å². The SMILES string of the molecule is CCNc1cc(OC(C)(C)CC)nc(C(C)(C)C)n1. The lowest BCUT2D eigenvalue weighted by molar-refractivity contribution is 0.0982. The Labute approximate surface area is 117 Å². The highest BCUT2D eigenvalue weighted by atomic mass is 16.5. The summed E-state index contributed by atoms with van der Waals surface area (Å²) >= 11 is 0. The normalized spacial score (nSPS) is 12.4. The van der Waals surface area contributed by atoms with Gasteiger partial charge in [-0.1, -0.05) is 27.7 Å². The van der Waals surface area contributed by atoms with Gasteiger partial charge in [-0.25, -0.2) is 4.98 Å². The molecule has 0 aromatic carbocycles. The van der Waals surface area contributed by atoms with Gasteiger partial charge in [-0.05, 0) is 27.2 Å². The Bertz CT molecular complexity index is 422. The van der Waals surface area contributed by atoms with E-state index in [1.165, 1.54) is 0 Å². The van der Waals surface area contributed by atoms with Gasteiger partial charge in [0.2, 0.25) is 5.88 Å². The van der Waals surface area contributed by atoms with Crippen molar-refractivity contribution in [2.45, 2.75) is 65.9 Å². The van der Waals surface area contributed by atoms with E-state index in [2.05, 4.69) is 63.8 Å². The molecule has 1 N–H and O–H groups in total. The van der Waals surface area contributed by atoms with Gasteiger partial charge in [-0.15, -0.1) is 0 Å². The van der Waals surface area contributed by atoms with Crippen LogP contribution in [0.2, 0.25) is 0 Å². The van der Waals surface area contributed by atoms with Gasteiger partial charge < -0.3 is 10.1 Å². The summed E-state index contributed by atoms with van der Waals surface area (Å²) in [7, 11) is 0. The van der Waals surface area contributed by atoms with Crippen molar-refractivity contribution in [3.63, 3.8) is 0 Å². The van der Waals surface area contributed by atoms with Crippen molar-refractivity contribution in [1.29, 1.82) is 0 Å². The summed E-state index contributed by atoms with van der Waals surface area (Å²) in [5.41, 5.74) is -0.313. The third-order valence-electron chi connectivity index (χ3n) is 2.96. The largest absolute Gasteiger partial charge is 0.472 e. The molecule has 1 rings (SSSR count). The highest BCUT2D eigenvalue weighted by Gasteiger charge is 2.22. The molecule has 0 aliphatic rings. The zero-order valence-electron chi connectivity index (χ0n) is 13.3. The van der Waals surface area contributed by atoms with Crippen LogP contribution in [0, 0.1) is 0 Å². The van der Waals surface area contributed by atoms with E-state index in [-0.39, 0.29) is 11.0 Å². The van der Waals surface area contributed by atoms with E-state index in [0.717, 1.165) is 24.6 Å². The average Bonchev–Trinajstić information content (AvgIpc) is 2.27. The molecule has 0 radical (unpaired) electrons. The lowest BCUT2D eigenvalue weighted by atomic mass is 9.96. The summed E-state index contributed by atoms with van der Waals surface area (Å²) in [4.78, 5) is 9.09. The fourth-order valence-electron chi connectivity index (χ4n) is 1.44. The van der Waals surface area contributed by atoms with Crippen LogP contribution in [0.15, 0.2) is 6.07 Å². The number of anilines is 1. The molecule has 108 valence electrons. The summed E-state index contributed by atoms with van der Waals surface area (Å²) in [5, 5.41) is 3.23. The molecular weight excluding hydrogens is 238 g/mol. The zero-order chi connectivity index (χ0) is 14.7. The fraction of sp³-hybridized carbons (Fsp3) is 0.733. The molecule has 19 heavy (non-hydrogen) atoms. The van der Waals surface area contributed by atoms with Gasteiger partial charge in [0.15, 0.2) is 0 Å². The number of nitrogens with one attached hydrogen (secondary N) is 1. The van der Waals surface area contributed by atoms with Crippen LogP contribution in [-0.4, -0.2) is 22.1 Å². The highest BCUT2D eigenvalue weighted by Crippen LogP contribution is 2.26. The molecule has 0 unspecified atom stereocenters. The first-order valence-corrected chi connectivity index (χ1v) is 7.00. The minimum Gasteiger partial charge on any atom is -0.472 e. The minimum atomic E-state index is -0.215. The number of ether oxygens (including phenoxy) is 1. The Kier molecular flexibility index (Phi) is 4.77. The Morgan fingerprint density at radius 1 is 1.11 bits per heavy atom. The Morgan fingerprint density at radius 2 is 1.74 bits per heavy atom. The van der Waals surface area contributed by atoms with E-state index < -0.39 is 0 Å². The first kappa shape index (κ1) is 15.7. The Hall–Kier alpha value is -1.32. The average molecular weight is 265 g/mol. The summed E-state index contributed by atoms with van der Waals surface area (Å²) in [6, 6.07) is 1.87. The molecule has 4 heteroatoms. The highest BCUT2D eigenvalue weighted by molar-refractivity contribution is 5.39. The predicted molar refractivity (Wildman–Crippen MR) is 79.9 cm³/mol. The molecule has 0 fully saturated rings. The zero-order valence-corrected chi connectivity index (χ0v) is 13.3. The van der Waals surface area contributed by atoms with Crippen molar-refractivity contribution in [3.05, 3.63) is 11.9 Å². The predicted octanol–water partition coefficient (Wildman–Crippen LogP) is 3.77. The van der Waals surface area contributed by atoms with Crippen molar-refractivity contribution in [1.82, 2.24) is 9.97 Å². The summed E-state index contributed by atoms with van der Waals surface area (Å²) in [6.07, 6.45) is 0.929. The molecule has 4 nitrogen and oxygen atoms in total. The van der Waals surface area contributed by atoms with Crippen LogP contribution < -0.4 is 10.1 Å². The fourth-order valence-corrected chi connectivity index (χ4v) is 1.44. The topological polar surface area (TPSA) is 47.0 Å². The van der Waals surface area contributed by atoms with Gasteiger partial charge in [0, 0.05) is 18.0 Å². The first-order valence-electron chi connectivity index (χ1n) is 7.00. The second kappa shape index (κ2) is 5.76. The summed E-state index contributed by atoms with van der Waals surface area (Å²) in [6.45, 7) is 15.4. The molecule has 0 saturated carbocycles. The van der Waals surface area contributed by atoms with Crippen LogP contribution in [0.1, 0.15) is 60.7 Å². The maximum atomic E-state index is 5.98. The van der Waals surface area contributed by atoms with Crippen LogP contribution >= 0.6 is 0 Å². The molecule has 0 atom stereocenters. The molecule has 0 amide bonds. The van der Waals surface area contributed by atoms with Crippen LogP contribution in [0.4, 0.5) is 5.82 Å². The van der Waals surface area contributed by atoms with Crippen molar-refractivity contribution < 1.29 is 4.74 Å². The maximum absolute atomic E-state index is 5.98. The smallest absolute Gasteiger partial charge is 0.219 e. The molecular formula is C15H27N3O. The lowest BCUT2D eigenvalue weighted by Gasteiger charge is -2.26. The van der Waals surface area contributed by atoms with Crippen LogP contribution in [0.25, 0.3) is 0 Å². The van der Waals surface area contributed by atoms with E-state index >= 15 is 0 Å².